The SMILES string of the molecule is CC(=O)N1CCC(C(=O)N(C)Cc2sccc2C)CC1. The number of carbonyl (C=O) groups excluding carboxylic acids is 2. The molecule has 2 amide bonds. The van der Waals surface area contributed by atoms with Gasteiger partial charge in [-0.05, 0) is 36.8 Å². The Labute approximate surface area is 124 Å². The molecule has 0 aromatic carbocycles. The van der Waals surface area contributed by atoms with Crippen LogP contribution < -0.4 is 0 Å². The number of piperidine rings is 1. The van der Waals surface area contributed by atoms with Crippen LogP contribution in [0.5, 0.6) is 0 Å². The van der Waals surface area contributed by atoms with Crippen molar-refractivity contribution < 1.29 is 9.59 Å². The Balaban J connectivity index is 1.88. The Morgan fingerprint density at radius 1 is 1.40 bits per heavy atom. The van der Waals surface area contributed by atoms with Gasteiger partial charge in [0.25, 0.3) is 0 Å². The zero-order valence-electron chi connectivity index (χ0n) is 12.4. The molecule has 1 aromatic rings. The normalized spacial score (nSPS) is 16.2. The minimum atomic E-state index is 0.0656. The first-order chi connectivity index (χ1) is 9.49. The highest BCUT2D eigenvalue weighted by Crippen LogP contribution is 2.22. The second-order valence-electron chi connectivity index (χ2n) is 5.50. The summed E-state index contributed by atoms with van der Waals surface area (Å²) in [7, 11) is 1.87. The highest BCUT2D eigenvalue weighted by Gasteiger charge is 2.28. The van der Waals surface area contributed by atoms with Crippen LogP contribution in [0.4, 0.5) is 0 Å². The third kappa shape index (κ3) is 3.39. The lowest BCUT2D eigenvalue weighted by Crippen LogP contribution is -2.42. The molecule has 0 saturated carbocycles. The Bertz CT molecular complexity index is 490. The summed E-state index contributed by atoms with van der Waals surface area (Å²) in [4.78, 5) is 28.6. The predicted molar refractivity (Wildman–Crippen MR) is 80.5 cm³/mol. The van der Waals surface area contributed by atoms with Gasteiger partial charge in [0.15, 0.2) is 0 Å². The van der Waals surface area contributed by atoms with Gasteiger partial charge in [-0.15, -0.1) is 11.3 Å². The molecule has 1 saturated heterocycles. The Hall–Kier alpha value is -1.36. The molecule has 110 valence electrons. The minimum absolute atomic E-state index is 0.0656. The lowest BCUT2D eigenvalue weighted by molar-refractivity contribution is -0.139. The number of hydrogen-bond acceptors (Lipinski definition) is 3. The van der Waals surface area contributed by atoms with Gasteiger partial charge in [0.1, 0.15) is 0 Å². The number of hydrogen-bond donors (Lipinski definition) is 0. The van der Waals surface area contributed by atoms with E-state index >= 15 is 0 Å². The number of thiophene rings is 1. The maximum Gasteiger partial charge on any atom is 0.225 e. The van der Waals surface area contributed by atoms with E-state index < -0.39 is 0 Å². The van der Waals surface area contributed by atoms with E-state index in [2.05, 4.69) is 18.4 Å². The van der Waals surface area contributed by atoms with Gasteiger partial charge in [-0.25, -0.2) is 0 Å². The fourth-order valence-electron chi connectivity index (χ4n) is 2.61. The van der Waals surface area contributed by atoms with E-state index in [1.165, 1.54) is 10.4 Å². The third-order valence-electron chi connectivity index (χ3n) is 4.01. The summed E-state index contributed by atoms with van der Waals surface area (Å²) in [5, 5.41) is 2.06. The van der Waals surface area contributed by atoms with E-state index in [-0.39, 0.29) is 17.7 Å². The molecule has 0 spiro atoms. The monoisotopic (exact) mass is 294 g/mol. The molecule has 1 aromatic heterocycles. The van der Waals surface area contributed by atoms with Gasteiger partial charge in [0.2, 0.25) is 11.8 Å². The van der Waals surface area contributed by atoms with Gasteiger partial charge in [0.05, 0.1) is 6.54 Å². The molecule has 0 radical (unpaired) electrons. The summed E-state index contributed by atoms with van der Waals surface area (Å²) in [6.07, 6.45) is 1.57. The molecular formula is C15H22N2O2S. The van der Waals surface area contributed by atoms with E-state index in [4.69, 9.17) is 0 Å². The van der Waals surface area contributed by atoms with Gasteiger partial charge in [-0.1, -0.05) is 0 Å². The molecule has 0 unspecified atom stereocenters. The molecule has 5 heteroatoms. The Kier molecular flexibility index (Phi) is 4.81. The average molecular weight is 294 g/mol. The first kappa shape index (κ1) is 15.0. The third-order valence-corrected chi connectivity index (χ3v) is 5.02. The molecule has 1 aliphatic rings. The van der Waals surface area contributed by atoms with Crippen LogP contribution in [0.25, 0.3) is 0 Å². The molecule has 0 bridgehead atoms. The van der Waals surface area contributed by atoms with Crippen molar-refractivity contribution in [3.8, 4) is 0 Å². The molecule has 4 nitrogen and oxygen atoms in total. The van der Waals surface area contributed by atoms with Crippen LogP contribution in [0, 0.1) is 12.8 Å². The summed E-state index contributed by atoms with van der Waals surface area (Å²) in [5.41, 5.74) is 1.25. The fraction of sp³-hybridized carbons (Fsp3) is 0.600. The molecule has 1 aliphatic heterocycles. The maximum atomic E-state index is 12.4. The maximum absolute atomic E-state index is 12.4. The molecule has 1 fully saturated rings. The van der Waals surface area contributed by atoms with Crippen molar-refractivity contribution in [3.05, 3.63) is 21.9 Å². The first-order valence-corrected chi connectivity index (χ1v) is 7.90. The number of amides is 2. The number of nitrogens with zero attached hydrogens (tertiary/aromatic N) is 2. The summed E-state index contributed by atoms with van der Waals surface area (Å²) in [6.45, 7) is 5.77. The number of aryl methyl sites for hydroxylation is 1. The van der Waals surface area contributed by atoms with Gasteiger partial charge in [0, 0.05) is 37.9 Å². The van der Waals surface area contributed by atoms with Crippen molar-refractivity contribution in [3.63, 3.8) is 0 Å². The summed E-state index contributed by atoms with van der Waals surface area (Å²) in [5.74, 6) is 0.385. The van der Waals surface area contributed by atoms with Crippen LogP contribution in [0.3, 0.4) is 0 Å². The number of rotatable bonds is 3. The first-order valence-electron chi connectivity index (χ1n) is 7.02. The largest absolute Gasteiger partial charge is 0.343 e. The Morgan fingerprint density at radius 2 is 2.05 bits per heavy atom. The van der Waals surface area contributed by atoms with Gasteiger partial charge in [-0.3, -0.25) is 9.59 Å². The van der Waals surface area contributed by atoms with Crippen LogP contribution >= 0.6 is 11.3 Å². The van der Waals surface area contributed by atoms with Crippen molar-refractivity contribution in [2.45, 2.75) is 33.2 Å². The molecular weight excluding hydrogens is 272 g/mol. The summed E-state index contributed by atoms with van der Waals surface area (Å²) < 4.78 is 0. The lowest BCUT2D eigenvalue weighted by atomic mass is 9.95. The molecule has 2 rings (SSSR count). The van der Waals surface area contributed by atoms with E-state index in [0.717, 1.165) is 12.8 Å². The van der Waals surface area contributed by atoms with Crippen molar-refractivity contribution in [1.29, 1.82) is 0 Å². The van der Waals surface area contributed by atoms with Gasteiger partial charge < -0.3 is 9.80 Å². The van der Waals surface area contributed by atoms with Crippen molar-refractivity contribution >= 4 is 23.2 Å². The van der Waals surface area contributed by atoms with Crippen LogP contribution in [-0.4, -0.2) is 41.8 Å². The summed E-state index contributed by atoms with van der Waals surface area (Å²) >= 11 is 1.70. The summed E-state index contributed by atoms with van der Waals surface area (Å²) in [6, 6.07) is 2.09. The standard InChI is InChI=1S/C15H22N2O2S/c1-11-6-9-20-14(11)10-16(3)15(19)13-4-7-17(8-5-13)12(2)18/h6,9,13H,4-5,7-8,10H2,1-3H3. The zero-order chi connectivity index (χ0) is 14.7. The second kappa shape index (κ2) is 6.39. The number of carbonyl (C=O) groups is 2. The Morgan fingerprint density at radius 3 is 2.55 bits per heavy atom. The second-order valence-corrected chi connectivity index (χ2v) is 6.50. The van der Waals surface area contributed by atoms with Crippen LogP contribution in [0.1, 0.15) is 30.2 Å². The van der Waals surface area contributed by atoms with E-state index in [1.54, 1.807) is 18.3 Å². The lowest BCUT2D eigenvalue weighted by Gasteiger charge is -2.32. The highest BCUT2D eigenvalue weighted by atomic mass is 32.1. The van der Waals surface area contributed by atoms with Crippen LogP contribution in [-0.2, 0) is 16.1 Å². The average Bonchev–Trinajstić information content (AvgIpc) is 2.83. The van der Waals surface area contributed by atoms with Crippen molar-refractivity contribution in [2.75, 3.05) is 20.1 Å². The molecule has 2 heterocycles. The fourth-order valence-corrected chi connectivity index (χ4v) is 3.57. The topological polar surface area (TPSA) is 40.6 Å². The number of likely N-dealkylation sites (tertiary alicyclic amines) is 1. The van der Waals surface area contributed by atoms with E-state index in [0.29, 0.717) is 19.6 Å². The van der Waals surface area contributed by atoms with Gasteiger partial charge in [-0.2, -0.15) is 0 Å². The van der Waals surface area contributed by atoms with Crippen LogP contribution in [0.2, 0.25) is 0 Å². The zero-order valence-corrected chi connectivity index (χ0v) is 13.2. The van der Waals surface area contributed by atoms with Gasteiger partial charge >= 0.3 is 0 Å². The predicted octanol–water partition coefficient (Wildman–Crippen LogP) is 2.27. The highest BCUT2D eigenvalue weighted by molar-refractivity contribution is 7.10. The minimum Gasteiger partial charge on any atom is -0.343 e. The quantitative estimate of drug-likeness (QED) is 0.858. The molecule has 20 heavy (non-hydrogen) atoms. The van der Waals surface area contributed by atoms with E-state index in [1.807, 2.05) is 16.8 Å². The molecule has 0 aliphatic carbocycles. The molecule has 0 N–H and O–H groups in total. The van der Waals surface area contributed by atoms with Crippen molar-refractivity contribution in [1.82, 2.24) is 9.80 Å². The smallest absolute Gasteiger partial charge is 0.225 e. The van der Waals surface area contributed by atoms with E-state index in [9.17, 15) is 9.59 Å². The van der Waals surface area contributed by atoms with Crippen LogP contribution in [0.15, 0.2) is 11.4 Å². The van der Waals surface area contributed by atoms with Crippen molar-refractivity contribution in [2.24, 2.45) is 5.92 Å². The molecule has 0 atom stereocenters.